The van der Waals surface area contributed by atoms with E-state index in [2.05, 4.69) is 26.5 Å². The molecule has 1 unspecified atom stereocenters. The Balaban J connectivity index is 1.55. The highest BCUT2D eigenvalue weighted by molar-refractivity contribution is 6.32. The average molecular weight is 426 g/mol. The molecule has 5 nitrogen and oxygen atoms in total. The maximum atomic E-state index is 12.4. The van der Waals surface area contributed by atoms with Crippen molar-refractivity contribution in [3.8, 4) is 5.88 Å². The zero-order chi connectivity index (χ0) is 21.0. The molecule has 1 saturated heterocycles. The minimum Gasteiger partial charge on any atom is -0.468 e. The van der Waals surface area contributed by atoms with Gasteiger partial charge in [-0.15, -0.1) is 0 Å². The first kappa shape index (κ1) is 21.0. The van der Waals surface area contributed by atoms with Crippen LogP contribution in [0.2, 0.25) is 5.02 Å². The average Bonchev–Trinajstić information content (AvgIpc) is 3.14. The molecule has 0 bridgehead atoms. The molecule has 154 valence electrons. The maximum Gasteiger partial charge on any atom is 0.422 e. The lowest BCUT2D eigenvalue weighted by molar-refractivity contribution is -0.154. The molecule has 0 saturated carbocycles. The summed E-state index contributed by atoms with van der Waals surface area (Å²) < 4.78 is 41.0. The van der Waals surface area contributed by atoms with Gasteiger partial charge < -0.3 is 15.0 Å². The number of rotatable bonds is 6. The minimum atomic E-state index is -4.44. The molecule has 1 aliphatic rings. The van der Waals surface area contributed by atoms with Crippen LogP contribution in [-0.4, -0.2) is 42.8 Å². The smallest absolute Gasteiger partial charge is 0.422 e. The summed E-state index contributed by atoms with van der Waals surface area (Å²) in [5.74, 6) is -0.530. The number of aromatic nitrogens is 1. The Labute approximate surface area is 171 Å². The number of halogens is 4. The van der Waals surface area contributed by atoms with Gasteiger partial charge in [-0.05, 0) is 30.2 Å². The molecule has 2 aromatic rings. The van der Waals surface area contributed by atoms with Crippen molar-refractivity contribution >= 4 is 29.3 Å². The van der Waals surface area contributed by atoms with Gasteiger partial charge >= 0.3 is 6.18 Å². The Hall–Kier alpha value is -2.74. The number of amides is 1. The largest absolute Gasteiger partial charge is 0.468 e. The zero-order valence-corrected chi connectivity index (χ0v) is 16.1. The van der Waals surface area contributed by atoms with E-state index in [0.717, 1.165) is 24.2 Å². The number of nitrogens with zero attached hydrogens (tertiary/aromatic N) is 2. The highest BCUT2D eigenvalue weighted by atomic mass is 35.5. The molecule has 0 spiro atoms. The highest BCUT2D eigenvalue weighted by Crippen LogP contribution is 2.27. The zero-order valence-electron chi connectivity index (χ0n) is 15.4. The highest BCUT2D eigenvalue weighted by Gasteiger charge is 2.29. The number of carbonyl (C=O) groups excluding carboxylic acids is 1. The van der Waals surface area contributed by atoms with Gasteiger partial charge in [0.15, 0.2) is 6.61 Å². The molecule has 1 fully saturated rings. The van der Waals surface area contributed by atoms with Crippen molar-refractivity contribution in [2.75, 3.05) is 24.6 Å². The van der Waals surface area contributed by atoms with Crippen molar-refractivity contribution in [1.29, 1.82) is 0 Å². The lowest BCUT2D eigenvalue weighted by Gasteiger charge is -2.20. The number of ether oxygens (including phenoxy) is 1. The van der Waals surface area contributed by atoms with Crippen molar-refractivity contribution in [2.24, 2.45) is 0 Å². The van der Waals surface area contributed by atoms with Crippen molar-refractivity contribution in [3.63, 3.8) is 0 Å². The van der Waals surface area contributed by atoms with Crippen LogP contribution >= 0.6 is 11.6 Å². The van der Waals surface area contributed by atoms with E-state index in [1.54, 1.807) is 6.08 Å². The molecule has 9 heteroatoms. The first-order valence-electron chi connectivity index (χ1n) is 8.88. The van der Waals surface area contributed by atoms with E-state index in [1.165, 1.54) is 18.3 Å². The van der Waals surface area contributed by atoms with E-state index in [-0.39, 0.29) is 23.4 Å². The summed E-state index contributed by atoms with van der Waals surface area (Å²) in [4.78, 5) is 18.3. The van der Waals surface area contributed by atoms with Crippen LogP contribution < -0.4 is 15.0 Å². The van der Waals surface area contributed by atoms with Crippen LogP contribution in [0.25, 0.3) is 6.08 Å². The van der Waals surface area contributed by atoms with Gasteiger partial charge in [-0.2, -0.15) is 13.2 Å². The molecule has 1 aromatic carbocycles. The predicted octanol–water partition coefficient (Wildman–Crippen LogP) is 4.33. The van der Waals surface area contributed by atoms with Crippen molar-refractivity contribution in [3.05, 3.63) is 59.3 Å². The molecule has 1 atom stereocenters. The summed E-state index contributed by atoms with van der Waals surface area (Å²) in [7, 11) is 0. The fourth-order valence-electron chi connectivity index (χ4n) is 3.02. The third kappa shape index (κ3) is 5.63. The molecule has 1 aliphatic heterocycles. The Morgan fingerprint density at radius 1 is 1.38 bits per heavy atom. The van der Waals surface area contributed by atoms with Crippen LogP contribution in [-0.2, 0) is 0 Å². The van der Waals surface area contributed by atoms with Gasteiger partial charge in [0, 0.05) is 42.1 Å². The first-order chi connectivity index (χ1) is 13.7. The molecule has 1 aromatic heterocycles. The van der Waals surface area contributed by atoms with Gasteiger partial charge in [0.1, 0.15) is 0 Å². The van der Waals surface area contributed by atoms with Crippen LogP contribution in [0, 0.1) is 0 Å². The molecule has 1 N–H and O–H groups in total. The van der Waals surface area contributed by atoms with Crippen LogP contribution in [0.3, 0.4) is 0 Å². The lowest BCUT2D eigenvalue weighted by atomic mass is 10.2. The Morgan fingerprint density at radius 3 is 2.79 bits per heavy atom. The summed E-state index contributed by atoms with van der Waals surface area (Å²) >= 11 is 6.22. The number of hydrogen-bond donors (Lipinski definition) is 1. The van der Waals surface area contributed by atoms with Crippen molar-refractivity contribution < 1.29 is 22.7 Å². The first-order valence-corrected chi connectivity index (χ1v) is 9.26. The fraction of sp³-hybridized carbons (Fsp3) is 0.300. The predicted molar refractivity (Wildman–Crippen MR) is 105 cm³/mol. The molecule has 1 amide bonds. The van der Waals surface area contributed by atoms with Gasteiger partial charge in [-0.3, -0.25) is 4.79 Å². The second-order valence-corrected chi connectivity index (χ2v) is 7.01. The summed E-state index contributed by atoms with van der Waals surface area (Å²) in [6.45, 7) is 3.66. The number of nitrogens with one attached hydrogen (secondary N) is 1. The number of anilines is 1. The fourth-order valence-corrected chi connectivity index (χ4v) is 3.27. The van der Waals surface area contributed by atoms with Gasteiger partial charge in [0.2, 0.25) is 5.88 Å². The summed E-state index contributed by atoms with van der Waals surface area (Å²) in [6, 6.07) is 8.27. The summed E-state index contributed by atoms with van der Waals surface area (Å²) in [6.07, 6.45) is -0.802. The van der Waals surface area contributed by atoms with Crippen LogP contribution in [0.4, 0.5) is 18.9 Å². The molecule has 2 heterocycles. The lowest BCUT2D eigenvalue weighted by Crippen LogP contribution is -2.37. The molecule has 29 heavy (non-hydrogen) atoms. The third-order valence-corrected chi connectivity index (χ3v) is 4.80. The number of alkyl halides is 3. The molecular weight excluding hydrogens is 407 g/mol. The van der Waals surface area contributed by atoms with Crippen LogP contribution in [0.5, 0.6) is 5.88 Å². The molecular formula is C20H19ClF3N3O2. The molecule has 0 radical (unpaired) electrons. The second-order valence-electron chi connectivity index (χ2n) is 6.60. The van der Waals surface area contributed by atoms with Gasteiger partial charge in [0.25, 0.3) is 5.91 Å². The van der Waals surface area contributed by atoms with Crippen molar-refractivity contribution in [2.45, 2.75) is 18.6 Å². The number of benzene rings is 1. The van der Waals surface area contributed by atoms with E-state index < -0.39 is 12.8 Å². The Bertz CT molecular complexity index is 888. The third-order valence-electron chi connectivity index (χ3n) is 4.47. The van der Waals surface area contributed by atoms with E-state index in [4.69, 9.17) is 11.6 Å². The van der Waals surface area contributed by atoms with E-state index in [0.29, 0.717) is 11.6 Å². The Kier molecular flexibility index (Phi) is 6.32. The maximum absolute atomic E-state index is 12.4. The topological polar surface area (TPSA) is 54.5 Å². The van der Waals surface area contributed by atoms with E-state index in [9.17, 15) is 18.0 Å². The van der Waals surface area contributed by atoms with Crippen LogP contribution in [0.15, 0.2) is 43.1 Å². The summed E-state index contributed by atoms with van der Waals surface area (Å²) in [5, 5.41) is 3.53. The summed E-state index contributed by atoms with van der Waals surface area (Å²) in [5.41, 5.74) is 2.07. The number of hydrogen-bond acceptors (Lipinski definition) is 4. The standard InChI is InChI=1S/C20H19ClF3N3O2/c1-2-13-3-5-16(9-17(13)21)27-8-7-15(11-27)26-19(28)14-4-6-18(25-10-14)29-12-20(22,23)24/h2-6,9-10,15H,1,7-8,11-12H2,(H,26,28). The van der Waals surface area contributed by atoms with E-state index in [1.807, 2.05) is 18.2 Å². The molecule has 3 rings (SSSR count). The molecule has 0 aliphatic carbocycles. The number of carbonyl (C=O) groups is 1. The monoisotopic (exact) mass is 425 g/mol. The van der Waals surface area contributed by atoms with Gasteiger partial charge in [-0.25, -0.2) is 4.98 Å². The quantitative estimate of drug-likeness (QED) is 0.748. The van der Waals surface area contributed by atoms with Crippen molar-refractivity contribution in [1.82, 2.24) is 10.3 Å². The van der Waals surface area contributed by atoms with Crippen LogP contribution in [0.1, 0.15) is 22.3 Å². The minimum absolute atomic E-state index is 0.0680. The van der Waals surface area contributed by atoms with Gasteiger partial charge in [-0.1, -0.05) is 30.3 Å². The normalized spacial score (nSPS) is 16.6. The second kappa shape index (κ2) is 8.73. The van der Waals surface area contributed by atoms with E-state index >= 15 is 0 Å². The SMILES string of the molecule is C=Cc1ccc(N2CCC(NC(=O)c3ccc(OCC(F)(F)F)nc3)C2)cc1Cl. The number of pyridine rings is 1. The Morgan fingerprint density at radius 2 is 2.17 bits per heavy atom. The van der Waals surface area contributed by atoms with Gasteiger partial charge in [0.05, 0.1) is 5.56 Å².